The summed E-state index contributed by atoms with van der Waals surface area (Å²) in [6.45, 7) is 0.406. The molecule has 0 radical (unpaired) electrons. The third-order valence-corrected chi connectivity index (χ3v) is 6.16. The minimum Gasteiger partial charge on any atom is -0.388 e. The van der Waals surface area contributed by atoms with Crippen molar-refractivity contribution in [3.8, 4) is 0 Å². The Hall–Kier alpha value is -1.00. The van der Waals surface area contributed by atoms with Gasteiger partial charge in [-0.2, -0.15) is 11.8 Å². The molecule has 3 rings (SSSR count). The van der Waals surface area contributed by atoms with E-state index in [0.717, 1.165) is 50.0 Å². The Balaban J connectivity index is 1.59. The Kier molecular flexibility index (Phi) is 4.79. The first-order valence-corrected chi connectivity index (χ1v) is 9.40. The third kappa shape index (κ3) is 3.49. The number of benzene rings is 1. The Morgan fingerprint density at radius 3 is 2.41 bits per heavy atom. The number of aliphatic hydroxyl groups is 1. The number of nitrogens with one attached hydrogen (secondary N) is 1. The van der Waals surface area contributed by atoms with E-state index in [-0.39, 0.29) is 11.3 Å². The molecule has 1 saturated carbocycles. The van der Waals surface area contributed by atoms with E-state index in [0.29, 0.717) is 6.54 Å². The molecule has 0 spiro atoms. The average Bonchev–Trinajstić information content (AvgIpc) is 2.50. The summed E-state index contributed by atoms with van der Waals surface area (Å²) >= 11 is 1.88. The van der Waals surface area contributed by atoms with Crippen LogP contribution in [0.4, 0.5) is 0 Å². The number of hydrogen-bond donors (Lipinski definition) is 2. The largest absolute Gasteiger partial charge is 0.388 e. The Bertz CT molecular complexity index is 507. The summed E-state index contributed by atoms with van der Waals surface area (Å²) < 4.78 is 0. The van der Waals surface area contributed by atoms with Crippen molar-refractivity contribution in [2.24, 2.45) is 5.41 Å². The van der Waals surface area contributed by atoms with Crippen molar-refractivity contribution in [1.29, 1.82) is 0 Å². The van der Waals surface area contributed by atoms with E-state index >= 15 is 0 Å². The lowest BCUT2D eigenvalue weighted by Gasteiger charge is -2.41. The van der Waals surface area contributed by atoms with Gasteiger partial charge in [0, 0.05) is 6.54 Å². The molecule has 120 valence electrons. The molecule has 0 unspecified atom stereocenters. The highest BCUT2D eigenvalue weighted by Gasteiger charge is 2.44. The van der Waals surface area contributed by atoms with Crippen LogP contribution in [-0.2, 0) is 11.2 Å². The minimum atomic E-state index is -0.696. The normalized spacial score (nSPS) is 22.6. The summed E-state index contributed by atoms with van der Waals surface area (Å²) in [6.07, 6.45) is 5.42. The first kappa shape index (κ1) is 15.9. The predicted molar refractivity (Wildman–Crippen MR) is 90.9 cm³/mol. The monoisotopic (exact) mass is 319 g/mol. The van der Waals surface area contributed by atoms with E-state index in [1.807, 2.05) is 30.0 Å². The van der Waals surface area contributed by atoms with Crippen LogP contribution in [0.25, 0.3) is 0 Å². The first-order valence-electron chi connectivity index (χ1n) is 8.24. The van der Waals surface area contributed by atoms with Crippen LogP contribution in [0.1, 0.15) is 37.7 Å². The second-order valence-electron chi connectivity index (χ2n) is 6.82. The molecule has 4 heteroatoms. The van der Waals surface area contributed by atoms with Gasteiger partial charge in [0.25, 0.3) is 0 Å². The molecule has 1 aromatic carbocycles. The molecule has 1 saturated heterocycles. The summed E-state index contributed by atoms with van der Waals surface area (Å²) in [5.41, 5.74) is 0.282. The summed E-state index contributed by atoms with van der Waals surface area (Å²) in [4.78, 5) is 12.7. The molecule has 0 bridgehead atoms. The van der Waals surface area contributed by atoms with Gasteiger partial charge in [0.15, 0.2) is 0 Å². The van der Waals surface area contributed by atoms with Gasteiger partial charge in [-0.1, -0.05) is 36.8 Å². The van der Waals surface area contributed by atoms with Crippen LogP contribution in [0.2, 0.25) is 0 Å². The zero-order valence-corrected chi connectivity index (χ0v) is 13.8. The van der Waals surface area contributed by atoms with Gasteiger partial charge in [0.1, 0.15) is 0 Å². The first-order chi connectivity index (χ1) is 10.6. The van der Waals surface area contributed by atoms with Crippen molar-refractivity contribution >= 4 is 17.7 Å². The average molecular weight is 319 g/mol. The summed E-state index contributed by atoms with van der Waals surface area (Å²) in [6, 6.07) is 10.3. The molecular formula is C18H25NO2S. The Labute approximate surface area is 136 Å². The fraction of sp³-hybridized carbons (Fsp3) is 0.611. The SMILES string of the molecule is O=C(NCC1(O)CCSCC1)C1(Cc2ccccc2)CCC1. The fourth-order valence-corrected chi connectivity index (χ4v) is 4.69. The summed E-state index contributed by atoms with van der Waals surface area (Å²) in [7, 11) is 0. The van der Waals surface area contributed by atoms with Crippen molar-refractivity contribution in [1.82, 2.24) is 5.32 Å². The Morgan fingerprint density at radius 2 is 1.82 bits per heavy atom. The smallest absolute Gasteiger partial charge is 0.226 e. The zero-order chi connectivity index (χ0) is 15.5. The maximum atomic E-state index is 12.7. The van der Waals surface area contributed by atoms with Crippen LogP contribution >= 0.6 is 11.8 Å². The highest BCUT2D eigenvalue weighted by molar-refractivity contribution is 7.99. The maximum absolute atomic E-state index is 12.7. The van der Waals surface area contributed by atoms with Crippen LogP contribution in [0.3, 0.4) is 0 Å². The lowest BCUT2D eigenvalue weighted by atomic mass is 9.64. The Morgan fingerprint density at radius 1 is 1.14 bits per heavy atom. The molecule has 1 heterocycles. The molecule has 22 heavy (non-hydrogen) atoms. The number of carbonyl (C=O) groups is 1. The fourth-order valence-electron chi connectivity index (χ4n) is 3.43. The highest BCUT2D eigenvalue weighted by atomic mass is 32.2. The second kappa shape index (κ2) is 6.63. The van der Waals surface area contributed by atoms with Gasteiger partial charge in [0.05, 0.1) is 11.0 Å². The molecule has 1 aliphatic heterocycles. The van der Waals surface area contributed by atoms with Gasteiger partial charge in [-0.25, -0.2) is 0 Å². The number of carbonyl (C=O) groups excluding carboxylic acids is 1. The lowest BCUT2D eigenvalue weighted by Crippen LogP contribution is -2.52. The molecular weight excluding hydrogens is 294 g/mol. The van der Waals surface area contributed by atoms with Crippen molar-refractivity contribution in [2.45, 2.75) is 44.1 Å². The topological polar surface area (TPSA) is 49.3 Å². The van der Waals surface area contributed by atoms with E-state index in [9.17, 15) is 9.90 Å². The van der Waals surface area contributed by atoms with Gasteiger partial charge in [-0.3, -0.25) is 4.79 Å². The molecule has 2 fully saturated rings. The van der Waals surface area contributed by atoms with Crippen molar-refractivity contribution < 1.29 is 9.90 Å². The van der Waals surface area contributed by atoms with Crippen molar-refractivity contribution in [3.63, 3.8) is 0 Å². The molecule has 1 aromatic rings. The summed E-state index contributed by atoms with van der Waals surface area (Å²) in [5.74, 6) is 2.11. The molecule has 1 aliphatic carbocycles. The van der Waals surface area contributed by atoms with Crippen LogP contribution in [0.5, 0.6) is 0 Å². The molecule has 0 atom stereocenters. The zero-order valence-electron chi connectivity index (χ0n) is 13.0. The van der Waals surface area contributed by atoms with Crippen LogP contribution in [0, 0.1) is 5.41 Å². The van der Waals surface area contributed by atoms with Gasteiger partial charge < -0.3 is 10.4 Å². The minimum absolute atomic E-state index is 0.134. The molecule has 3 nitrogen and oxygen atoms in total. The highest BCUT2D eigenvalue weighted by Crippen LogP contribution is 2.44. The quantitative estimate of drug-likeness (QED) is 0.877. The van der Waals surface area contributed by atoms with Crippen LogP contribution < -0.4 is 5.32 Å². The van der Waals surface area contributed by atoms with Crippen LogP contribution in [-0.4, -0.2) is 34.7 Å². The standard InChI is InChI=1S/C18H25NO2S/c20-16(19-14-18(21)9-11-22-12-10-18)17(7-4-8-17)13-15-5-2-1-3-6-15/h1-3,5-6,21H,4,7-14H2,(H,19,20). The number of hydrogen-bond acceptors (Lipinski definition) is 3. The van der Waals surface area contributed by atoms with Crippen molar-refractivity contribution in [3.05, 3.63) is 35.9 Å². The molecule has 1 amide bonds. The number of rotatable bonds is 5. The van der Waals surface area contributed by atoms with Gasteiger partial charge in [-0.05, 0) is 49.2 Å². The van der Waals surface area contributed by atoms with Gasteiger partial charge in [0.2, 0.25) is 5.91 Å². The lowest BCUT2D eigenvalue weighted by molar-refractivity contribution is -0.137. The van der Waals surface area contributed by atoms with Gasteiger partial charge >= 0.3 is 0 Å². The van der Waals surface area contributed by atoms with E-state index in [4.69, 9.17) is 0 Å². The molecule has 0 aromatic heterocycles. The maximum Gasteiger partial charge on any atom is 0.226 e. The van der Waals surface area contributed by atoms with E-state index in [1.165, 1.54) is 5.56 Å². The van der Waals surface area contributed by atoms with Gasteiger partial charge in [-0.15, -0.1) is 0 Å². The van der Waals surface area contributed by atoms with E-state index in [1.54, 1.807) is 0 Å². The van der Waals surface area contributed by atoms with Crippen LogP contribution in [0.15, 0.2) is 30.3 Å². The number of thioether (sulfide) groups is 1. The van der Waals surface area contributed by atoms with E-state index < -0.39 is 5.60 Å². The third-order valence-electron chi connectivity index (χ3n) is 5.18. The molecule has 2 aliphatic rings. The summed E-state index contributed by atoms with van der Waals surface area (Å²) in [5, 5.41) is 13.6. The molecule has 2 N–H and O–H groups in total. The van der Waals surface area contributed by atoms with Crippen molar-refractivity contribution in [2.75, 3.05) is 18.1 Å². The second-order valence-corrected chi connectivity index (χ2v) is 8.04. The number of amides is 1. The van der Waals surface area contributed by atoms with E-state index in [2.05, 4.69) is 17.4 Å². The predicted octanol–water partition coefficient (Wildman–Crippen LogP) is 2.77.